The number of nitrogens with zero attached hydrogens (tertiary/aromatic N) is 1. The molecule has 170 valence electrons. The van der Waals surface area contributed by atoms with Crippen molar-refractivity contribution in [2.24, 2.45) is 5.10 Å². The summed E-state index contributed by atoms with van der Waals surface area (Å²) in [5.74, 6) is -0.984. The molecule has 0 aromatic heterocycles. The summed E-state index contributed by atoms with van der Waals surface area (Å²) < 4.78 is 11.2. The van der Waals surface area contributed by atoms with E-state index in [1.165, 1.54) is 13.3 Å². The fourth-order valence-corrected chi connectivity index (χ4v) is 3.22. The molecule has 0 aliphatic heterocycles. The highest BCUT2D eigenvalue weighted by Crippen LogP contribution is 2.36. The van der Waals surface area contributed by atoms with Gasteiger partial charge < -0.3 is 14.8 Å². The van der Waals surface area contributed by atoms with E-state index >= 15 is 0 Å². The van der Waals surface area contributed by atoms with Gasteiger partial charge in [-0.25, -0.2) is 5.43 Å². The average molecular weight is 486 g/mol. The molecule has 0 aliphatic carbocycles. The van der Waals surface area contributed by atoms with Crippen molar-refractivity contribution >= 4 is 46.9 Å². The number of hydrogen-bond donors (Lipinski definition) is 2. The van der Waals surface area contributed by atoms with Crippen molar-refractivity contribution in [3.63, 3.8) is 0 Å². The van der Waals surface area contributed by atoms with Gasteiger partial charge in [0.2, 0.25) is 0 Å². The predicted octanol–water partition coefficient (Wildman–Crippen LogP) is 4.98. The van der Waals surface area contributed by atoms with Crippen molar-refractivity contribution in [3.8, 4) is 11.5 Å². The molecule has 2 amide bonds. The highest BCUT2D eigenvalue weighted by molar-refractivity contribution is 6.39. The van der Waals surface area contributed by atoms with Crippen LogP contribution in [-0.4, -0.2) is 25.1 Å². The molecule has 0 bridgehead atoms. The van der Waals surface area contributed by atoms with Crippen LogP contribution < -0.4 is 20.2 Å². The van der Waals surface area contributed by atoms with Gasteiger partial charge in [-0.05, 0) is 60.0 Å². The average Bonchev–Trinajstić information content (AvgIpc) is 2.79. The molecule has 7 nitrogen and oxygen atoms in total. The molecule has 33 heavy (non-hydrogen) atoms. The number of carbonyl (C=O) groups is 2. The molecule has 9 heteroatoms. The summed E-state index contributed by atoms with van der Waals surface area (Å²) in [5.41, 5.74) is 5.10. The number of hydrogen-bond acceptors (Lipinski definition) is 5. The Morgan fingerprint density at radius 3 is 2.48 bits per heavy atom. The molecule has 3 rings (SSSR count). The first-order valence-corrected chi connectivity index (χ1v) is 10.6. The minimum absolute atomic E-state index is 0.271. The number of methoxy groups -OCH3 is 1. The topological polar surface area (TPSA) is 89.0 Å². The van der Waals surface area contributed by atoms with Crippen LogP contribution in [0.3, 0.4) is 0 Å². The standard InChI is InChI=1S/C24H21Cl2N3O4/c1-15-4-3-5-19(10-15)28-23(30)24(31)29-27-13-17-11-20(26)22(21(12-17)32-2)33-14-16-6-8-18(25)9-7-16/h3-13H,14H2,1-2H3,(H,28,30)(H,29,31)/b27-13-. The second-order valence-electron chi connectivity index (χ2n) is 6.97. The summed E-state index contributed by atoms with van der Waals surface area (Å²) in [6.07, 6.45) is 1.34. The van der Waals surface area contributed by atoms with Crippen molar-refractivity contribution in [2.75, 3.05) is 12.4 Å². The number of nitrogens with one attached hydrogen (secondary N) is 2. The molecule has 0 fully saturated rings. The van der Waals surface area contributed by atoms with Crippen LogP contribution in [-0.2, 0) is 16.2 Å². The lowest BCUT2D eigenvalue weighted by atomic mass is 10.2. The van der Waals surface area contributed by atoms with Crippen molar-refractivity contribution < 1.29 is 19.1 Å². The van der Waals surface area contributed by atoms with E-state index in [4.69, 9.17) is 32.7 Å². The minimum Gasteiger partial charge on any atom is -0.493 e. The molecule has 0 radical (unpaired) electrons. The largest absolute Gasteiger partial charge is 0.493 e. The number of ether oxygens (including phenoxy) is 2. The fraction of sp³-hybridized carbons (Fsp3) is 0.125. The van der Waals surface area contributed by atoms with Crippen LogP contribution in [0.4, 0.5) is 5.69 Å². The number of hydrazone groups is 1. The summed E-state index contributed by atoms with van der Waals surface area (Å²) in [7, 11) is 1.49. The van der Waals surface area contributed by atoms with Gasteiger partial charge in [-0.15, -0.1) is 0 Å². The van der Waals surface area contributed by atoms with E-state index in [0.29, 0.717) is 32.8 Å². The summed E-state index contributed by atoms with van der Waals surface area (Å²) in [6.45, 7) is 2.15. The van der Waals surface area contributed by atoms with Gasteiger partial charge >= 0.3 is 11.8 Å². The molecule has 0 atom stereocenters. The van der Waals surface area contributed by atoms with Gasteiger partial charge in [0, 0.05) is 10.7 Å². The van der Waals surface area contributed by atoms with Crippen LogP contribution in [0.25, 0.3) is 0 Å². The lowest BCUT2D eigenvalue weighted by molar-refractivity contribution is -0.136. The number of anilines is 1. The number of aryl methyl sites for hydroxylation is 1. The van der Waals surface area contributed by atoms with Gasteiger partial charge in [-0.1, -0.05) is 47.5 Å². The number of halogens is 2. The summed E-state index contributed by atoms with van der Waals surface area (Å²) >= 11 is 12.3. The van der Waals surface area contributed by atoms with E-state index in [0.717, 1.165) is 11.1 Å². The van der Waals surface area contributed by atoms with Crippen LogP contribution in [0.5, 0.6) is 11.5 Å². The van der Waals surface area contributed by atoms with Crippen molar-refractivity contribution in [1.29, 1.82) is 0 Å². The van der Waals surface area contributed by atoms with E-state index in [1.807, 2.05) is 25.1 Å². The Morgan fingerprint density at radius 1 is 1.03 bits per heavy atom. The van der Waals surface area contributed by atoms with Crippen molar-refractivity contribution in [3.05, 3.63) is 87.4 Å². The second-order valence-corrected chi connectivity index (χ2v) is 7.82. The van der Waals surface area contributed by atoms with Gasteiger partial charge in [0.15, 0.2) is 11.5 Å². The predicted molar refractivity (Wildman–Crippen MR) is 129 cm³/mol. The third kappa shape index (κ3) is 6.97. The van der Waals surface area contributed by atoms with Crippen LogP contribution in [0.2, 0.25) is 10.0 Å². The molecule has 0 heterocycles. The lowest BCUT2D eigenvalue weighted by Crippen LogP contribution is -2.32. The first kappa shape index (κ1) is 24.1. The molecular formula is C24H21Cl2N3O4. The van der Waals surface area contributed by atoms with E-state index in [2.05, 4.69) is 15.8 Å². The first-order valence-electron chi connectivity index (χ1n) is 9.81. The van der Waals surface area contributed by atoms with E-state index in [-0.39, 0.29) is 6.61 Å². The molecule has 0 spiro atoms. The van der Waals surface area contributed by atoms with E-state index in [9.17, 15) is 9.59 Å². The molecule has 3 aromatic rings. The third-order valence-electron chi connectivity index (χ3n) is 4.41. The smallest absolute Gasteiger partial charge is 0.329 e. The summed E-state index contributed by atoms with van der Waals surface area (Å²) in [6, 6.07) is 17.6. The van der Waals surface area contributed by atoms with Gasteiger partial charge in [-0.3, -0.25) is 9.59 Å². The maximum absolute atomic E-state index is 12.0. The molecule has 0 aliphatic rings. The van der Waals surface area contributed by atoms with Gasteiger partial charge in [0.25, 0.3) is 0 Å². The number of carbonyl (C=O) groups excluding carboxylic acids is 2. The van der Waals surface area contributed by atoms with Crippen LogP contribution in [0.1, 0.15) is 16.7 Å². The number of benzene rings is 3. The van der Waals surface area contributed by atoms with Crippen LogP contribution in [0, 0.1) is 6.92 Å². The highest BCUT2D eigenvalue weighted by atomic mass is 35.5. The Morgan fingerprint density at radius 2 is 1.79 bits per heavy atom. The zero-order valence-corrected chi connectivity index (χ0v) is 19.4. The van der Waals surface area contributed by atoms with E-state index in [1.54, 1.807) is 42.5 Å². The Kier molecular flexibility index (Phi) is 8.29. The molecule has 0 unspecified atom stereocenters. The summed E-state index contributed by atoms with van der Waals surface area (Å²) in [5, 5.41) is 7.26. The van der Waals surface area contributed by atoms with Gasteiger partial charge in [0.05, 0.1) is 18.3 Å². The number of rotatable bonds is 7. The normalized spacial score (nSPS) is 10.7. The first-order chi connectivity index (χ1) is 15.9. The maximum Gasteiger partial charge on any atom is 0.329 e. The van der Waals surface area contributed by atoms with E-state index < -0.39 is 11.8 Å². The van der Waals surface area contributed by atoms with Crippen LogP contribution in [0.15, 0.2) is 65.8 Å². The van der Waals surface area contributed by atoms with Crippen molar-refractivity contribution in [2.45, 2.75) is 13.5 Å². The zero-order valence-electron chi connectivity index (χ0n) is 17.9. The van der Waals surface area contributed by atoms with Crippen LogP contribution >= 0.6 is 23.2 Å². The van der Waals surface area contributed by atoms with Gasteiger partial charge in [-0.2, -0.15) is 5.10 Å². The van der Waals surface area contributed by atoms with Crippen molar-refractivity contribution in [1.82, 2.24) is 5.43 Å². The third-order valence-corrected chi connectivity index (χ3v) is 4.94. The summed E-state index contributed by atoms with van der Waals surface area (Å²) in [4.78, 5) is 24.0. The molecule has 3 aromatic carbocycles. The maximum atomic E-state index is 12.0. The quantitative estimate of drug-likeness (QED) is 0.280. The second kappa shape index (κ2) is 11.4. The number of amides is 2. The zero-order chi connectivity index (χ0) is 23.8. The minimum atomic E-state index is -0.909. The monoisotopic (exact) mass is 485 g/mol. The molecule has 0 saturated carbocycles. The SMILES string of the molecule is COc1cc(/C=N\NC(=O)C(=O)Nc2cccc(C)c2)cc(Cl)c1OCc1ccc(Cl)cc1. The molecule has 2 N–H and O–H groups in total. The Labute approximate surface area is 201 Å². The van der Waals surface area contributed by atoms with Gasteiger partial charge in [0.1, 0.15) is 6.61 Å². The Bertz CT molecular complexity index is 1180. The Hall–Kier alpha value is -3.55. The fourth-order valence-electron chi connectivity index (χ4n) is 2.82. The molecular weight excluding hydrogens is 465 g/mol. The highest BCUT2D eigenvalue weighted by Gasteiger charge is 2.14. The molecule has 0 saturated heterocycles. The Balaban J connectivity index is 1.61. The lowest BCUT2D eigenvalue weighted by Gasteiger charge is -2.13.